The van der Waals surface area contributed by atoms with E-state index in [1.54, 1.807) is 7.11 Å². The Bertz CT molecular complexity index is 367. The van der Waals surface area contributed by atoms with Gasteiger partial charge in [-0.25, -0.2) is 4.39 Å². The normalized spacial score (nSPS) is 18.6. The van der Waals surface area contributed by atoms with Crippen molar-refractivity contribution in [3.8, 4) is 0 Å². The van der Waals surface area contributed by atoms with Gasteiger partial charge in [0.2, 0.25) is 0 Å². The maximum absolute atomic E-state index is 12.6. The third-order valence-electron chi connectivity index (χ3n) is 3.21. The van der Waals surface area contributed by atoms with Crippen LogP contribution in [-0.4, -0.2) is 25.6 Å². The van der Waals surface area contributed by atoms with Crippen molar-refractivity contribution in [3.05, 3.63) is 29.8 Å². The molecule has 1 saturated carbocycles. The molecule has 1 fully saturated rings. The van der Waals surface area contributed by atoms with Gasteiger partial charge in [0, 0.05) is 17.8 Å². The summed E-state index contributed by atoms with van der Waals surface area (Å²) in [5.74, 6) is 2.12. The van der Waals surface area contributed by atoms with Crippen LogP contribution in [0.25, 0.3) is 0 Å². The van der Waals surface area contributed by atoms with Crippen molar-refractivity contribution < 1.29 is 9.13 Å². The van der Waals surface area contributed by atoms with Crippen LogP contribution in [0.1, 0.15) is 24.5 Å². The molecule has 1 aliphatic carbocycles. The number of benzene rings is 1. The monoisotopic (exact) mass is 269 g/mol. The molecule has 0 amide bonds. The summed E-state index contributed by atoms with van der Waals surface area (Å²) >= 11 is 1.89. The van der Waals surface area contributed by atoms with E-state index >= 15 is 0 Å². The zero-order valence-corrected chi connectivity index (χ0v) is 11.5. The van der Waals surface area contributed by atoms with Crippen LogP contribution in [0, 0.1) is 5.92 Å². The lowest BCUT2D eigenvalue weighted by atomic mass is 10.0. The molecule has 100 valence electrons. The second-order valence-corrected chi connectivity index (χ2v) is 5.89. The summed E-state index contributed by atoms with van der Waals surface area (Å²) in [6, 6.07) is 7.51. The summed E-state index contributed by atoms with van der Waals surface area (Å²) in [7, 11) is 1.57. The molecule has 2 rings (SSSR count). The van der Waals surface area contributed by atoms with Crippen molar-refractivity contribution >= 4 is 11.8 Å². The molecule has 0 aliphatic heterocycles. The summed E-state index contributed by atoms with van der Waals surface area (Å²) in [4.78, 5) is 1.26. The van der Waals surface area contributed by atoms with E-state index in [0.717, 1.165) is 11.5 Å². The van der Waals surface area contributed by atoms with Crippen molar-refractivity contribution in [1.82, 2.24) is 0 Å². The molecule has 0 bridgehead atoms. The Balaban J connectivity index is 1.95. The van der Waals surface area contributed by atoms with Crippen LogP contribution < -0.4 is 5.73 Å². The SMILES string of the molecule is COC(c1ccc(SCC2CC2)cc1)C(N)CF. The average molecular weight is 269 g/mol. The second-order valence-electron chi connectivity index (χ2n) is 4.80. The predicted molar refractivity (Wildman–Crippen MR) is 73.6 cm³/mol. The molecular weight excluding hydrogens is 249 g/mol. The molecule has 0 aromatic heterocycles. The third kappa shape index (κ3) is 3.70. The summed E-state index contributed by atoms with van der Waals surface area (Å²) in [5.41, 5.74) is 6.64. The van der Waals surface area contributed by atoms with E-state index in [9.17, 15) is 4.39 Å². The lowest BCUT2D eigenvalue weighted by Crippen LogP contribution is -2.31. The summed E-state index contributed by atoms with van der Waals surface area (Å²) in [6.07, 6.45) is 2.39. The smallest absolute Gasteiger partial charge is 0.107 e. The van der Waals surface area contributed by atoms with Gasteiger partial charge in [-0.3, -0.25) is 0 Å². The minimum Gasteiger partial charge on any atom is -0.375 e. The van der Waals surface area contributed by atoms with Gasteiger partial charge in [-0.1, -0.05) is 12.1 Å². The molecule has 18 heavy (non-hydrogen) atoms. The fourth-order valence-corrected chi connectivity index (χ4v) is 2.98. The van der Waals surface area contributed by atoms with Crippen LogP contribution in [0.3, 0.4) is 0 Å². The predicted octanol–water partition coefficient (Wildman–Crippen LogP) is 3.17. The molecule has 4 heteroatoms. The topological polar surface area (TPSA) is 35.2 Å². The van der Waals surface area contributed by atoms with E-state index in [0.29, 0.717) is 0 Å². The largest absolute Gasteiger partial charge is 0.375 e. The van der Waals surface area contributed by atoms with Crippen LogP contribution in [-0.2, 0) is 4.74 Å². The number of thioether (sulfide) groups is 1. The average Bonchev–Trinajstić information content (AvgIpc) is 3.22. The molecule has 0 spiro atoms. The Morgan fingerprint density at radius 3 is 2.56 bits per heavy atom. The lowest BCUT2D eigenvalue weighted by molar-refractivity contribution is 0.0720. The standard InChI is InChI=1S/C14H20FNOS/c1-17-14(13(16)8-15)11-4-6-12(7-5-11)18-9-10-2-3-10/h4-7,10,13-14H,2-3,8-9,16H2,1H3. The van der Waals surface area contributed by atoms with Crippen molar-refractivity contribution in [2.45, 2.75) is 29.9 Å². The Morgan fingerprint density at radius 2 is 2.06 bits per heavy atom. The number of nitrogens with two attached hydrogens (primary N) is 1. The van der Waals surface area contributed by atoms with Crippen molar-refractivity contribution in [2.75, 3.05) is 19.5 Å². The minimum atomic E-state index is -0.597. The fraction of sp³-hybridized carbons (Fsp3) is 0.571. The molecule has 1 aliphatic rings. The third-order valence-corrected chi connectivity index (χ3v) is 4.46. The van der Waals surface area contributed by atoms with Gasteiger partial charge in [-0.2, -0.15) is 0 Å². The first kappa shape index (κ1) is 13.8. The number of halogens is 1. The molecule has 0 saturated heterocycles. The highest BCUT2D eigenvalue weighted by Gasteiger charge is 2.21. The van der Waals surface area contributed by atoms with Gasteiger partial charge in [0.1, 0.15) is 6.67 Å². The summed E-state index contributed by atoms with van der Waals surface area (Å²) < 4.78 is 17.9. The van der Waals surface area contributed by atoms with Gasteiger partial charge >= 0.3 is 0 Å². The Kier molecular flexibility index (Phi) is 5.03. The van der Waals surface area contributed by atoms with Crippen LogP contribution >= 0.6 is 11.8 Å². The first-order valence-corrected chi connectivity index (χ1v) is 7.30. The molecule has 2 nitrogen and oxygen atoms in total. The molecule has 1 aromatic rings. The maximum atomic E-state index is 12.6. The highest BCUT2D eigenvalue weighted by atomic mass is 32.2. The highest BCUT2D eigenvalue weighted by Crippen LogP contribution is 2.35. The van der Waals surface area contributed by atoms with E-state index in [2.05, 4.69) is 12.1 Å². The van der Waals surface area contributed by atoms with Crippen molar-refractivity contribution in [2.24, 2.45) is 11.7 Å². The summed E-state index contributed by atoms with van der Waals surface area (Å²) in [5, 5.41) is 0. The molecular formula is C14H20FNOS. The van der Waals surface area contributed by atoms with Gasteiger partial charge in [0.15, 0.2) is 0 Å². The van der Waals surface area contributed by atoms with E-state index in [-0.39, 0.29) is 6.10 Å². The number of alkyl halides is 1. The van der Waals surface area contributed by atoms with Gasteiger partial charge < -0.3 is 10.5 Å². The maximum Gasteiger partial charge on any atom is 0.107 e. The lowest BCUT2D eigenvalue weighted by Gasteiger charge is -2.20. The first-order chi connectivity index (χ1) is 8.74. The van der Waals surface area contributed by atoms with E-state index in [1.165, 1.54) is 23.5 Å². The van der Waals surface area contributed by atoms with Crippen molar-refractivity contribution in [3.63, 3.8) is 0 Å². The summed E-state index contributed by atoms with van der Waals surface area (Å²) in [6.45, 7) is -0.573. The molecule has 2 atom stereocenters. The fourth-order valence-electron chi connectivity index (χ4n) is 1.89. The molecule has 2 unspecified atom stereocenters. The zero-order valence-electron chi connectivity index (χ0n) is 10.6. The molecule has 0 heterocycles. The molecule has 0 radical (unpaired) electrons. The van der Waals surface area contributed by atoms with Gasteiger partial charge in [0.05, 0.1) is 12.1 Å². The van der Waals surface area contributed by atoms with E-state index in [4.69, 9.17) is 10.5 Å². The quantitative estimate of drug-likeness (QED) is 0.772. The number of hydrogen-bond donors (Lipinski definition) is 1. The van der Waals surface area contributed by atoms with Crippen molar-refractivity contribution in [1.29, 1.82) is 0 Å². The molecule has 2 N–H and O–H groups in total. The van der Waals surface area contributed by atoms with Crippen LogP contribution in [0.5, 0.6) is 0 Å². The van der Waals surface area contributed by atoms with Crippen LogP contribution in [0.15, 0.2) is 29.2 Å². The van der Waals surface area contributed by atoms with Gasteiger partial charge in [0.25, 0.3) is 0 Å². The van der Waals surface area contributed by atoms with E-state index < -0.39 is 12.7 Å². The van der Waals surface area contributed by atoms with Crippen LogP contribution in [0.2, 0.25) is 0 Å². The highest BCUT2D eigenvalue weighted by molar-refractivity contribution is 7.99. The first-order valence-electron chi connectivity index (χ1n) is 6.31. The van der Waals surface area contributed by atoms with E-state index in [1.807, 2.05) is 23.9 Å². The molecule has 1 aromatic carbocycles. The Labute approximate surface area is 112 Å². The minimum absolute atomic E-state index is 0.363. The Morgan fingerprint density at radius 1 is 1.39 bits per heavy atom. The number of ether oxygens (including phenoxy) is 1. The second kappa shape index (κ2) is 6.55. The van der Waals surface area contributed by atoms with Crippen LogP contribution in [0.4, 0.5) is 4.39 Å². The number of methoxy groups -OCH3 is 1. The van der Waals surface area contributed by atoms with Gasteiger partial charge in [-0.05, 0) is 36.5 Å². The number of hydrogen-bond acceptors (Lipinski definition) is 3. The zero-order chi connectivity index (χ0) is 13.0. The number of rotatable bonds is 7. The van der Waals surface area contributed by atoms with Gasteiger partial charge in [-0.15, -0.1) is 11.8 Å². The Hall–Kier alpha value is -0.580.